The zero-order valence-corrected chi connectivity index (χ0v) is 12.7. The third-order valence-corrected chi connectivity index (χ3v) is 6.14. The molecule has 1 N–H and O–H groups in total. The Morgan fingerprint density at radius 2 is 1.68 bits per heavy atom. The van der Waals surface area contributed by atoms with E-state index in [0.29, 0.717) is 12.5 Å². The second-order valence-electron chi connectivity index (χ2n) is 7.46. The van der Waals surface area contributed by atoms with E-state index in [1.165, 1.54) is 0 Å². The number of hydrogen-bond acceptors (Lipinski definition) is 2. The predicted octanol–water partition coefficient (Wildman–Crippen LogP) is 3.26. The van der Waals surface area contributed by atoms with Crippen molar-refractivity contribution in [2.75, 3.05) is 6.54 Å². The number of nitrogens with zero attached hydrogens (tertiary/aromatic N) is 1. The molecule has 0 bridgehead atoms. The second kappa shape index (κ2) is 4.51. The molecule has 0 aromatic rings. The number of carbonyl (C=O) groups is 1. The molecule has 0 radical (unpaired) electrons. The molecule has 0 spiro atoms. The molecule has 3 heteroatoms. The van der Waals surface area contributed by atoms with Crippen LogP contribution in [0.2, 0.25) is 0 Å². The Kier molecular flexibility index (Phi) is 3.41. The topological polar surface area (TPSA) is 52.9 Å². The summed E-state index contributed by atoms with van der Waals surface area (Å²) < 4.78 is 0. The van der Waals surface area contributed by atoms with Gasteiger partial charge in [-0.15, -0.1) is 0 Å². The number of nitriles is 1. The number of amides is 1. The van der Waals surface area contributed by atoms with Crippen molar-refractivity contribution in [1.82, 2.24) is 5.32 Å². The second-order valence-corrected chi connectivity index (χ2v) is 7.46. The molecule has 0 aromatic heterocycles. The van der Waals surface area contributed by atoms with Crippen molar-refractivity contribution >= 4 is 5.91 Å². The van der Waals surface area contributed by atoms with Crippen LogP contribution in [0, 0.1) is 33.5 Å². The van der Waals surface area contributed by atoms with Crippen molar-refractivity contribution in [2.45, 2.75) is 59.8 Å². The third-order valence-electron chi connectivity index (χ3n) is 6.14. The first-order valence-corrected chi connectivity index (χ1v) is 7.47. The Morgan fingerprint density at radius 1 is 1.16 bits per heavy atom. The van der Waals surface area contributed by atoms with Gasteiger partial charge in [-0.3, -0.25) is 4.79 Å². The summed E-state index contributed by atoms with van der Waals surface area (Å²) in [4.78, 5) is 12.4. The summed E-state index contributed by atoms with van der Waals surface area (Å²) in [5.74, 6) is 0.483. The van der Waals surface area contributed by atoms with Gasteiger partial charge < -0.3 is 5.32 Å². The highest BCUT2D eigenvalue weighted by Gasteiger charge is 2.64. The molecule has 1 amide bonds. The van der Waals surface area contributed by atoms with Crippen LogP contribution in [0.15, 0.2) is 0 Å². The van der Waals surface area contributed by atoms with E-state index in [4.69, 9.17) is 0 Å². The van der Waals surface area contributed by atoms with Crippen LogP contribution in [0.4, 0.5) is 0 Å². The van der Waals surface area contributed by atoms with Crippen molar-refractivity contribution in [1.29, 1.82) is 5.26 Å². The molecule has 19 heavy (non-hydrogen) atoms. The van der Waals surface area contributed by atoms with Crippen LogP contribution in [0.1, 0.15) is 59.8 Å². The first-order valence-electron chi connectivity index (χ1n) is 7.47. The molecular formula is C16H26N2O. The first kappa shape index (κ1) is 14.4. The maximum atomic E-state index is 12.4. The summed E-state index contributed by atoms with van der Waals surface area (Å²) in [5.41, 5.74) is -0.180. The van der Waals surface area contributed by atoms with Gasteiger partial charge in [0.2, 0.25) is 5.91 Å². The normalized spacial score (nSPS) is 27.3. The molecule has 0 aliphatic heterocycles. The molecule has 0 atom stereocenters. The highest BCUT2D eigenvalue weighted by molar-refractivity contribution is 5.85. The van der Waals surface area contributed by atoms with Gasteiger partial charge in [-0.25, -0.2) is 0 Å². The molecule has 0 aromatic carbocycles. The summed E-state index contributed by atoms with van der Waals surface area (Å²) in [6.45, 7) is 9.73. The van der Waals surface area contributed by atoms with Crippen LogP contribution in [-0.4, -0.2) is 12.5 Å². The van der Waals surface area contributed by atoms with Crippen molar-refractivity contribution in [3.63, 3.8) is 0 Å². The fraction of sp³-hybridized carbons (Fsp3) is 0.875. The van der Waals surface area contributed by atoms with E-state index in [1.807, 2.05) is 0 Å². The van der Waals surface area contributed by atoms with Crippen molar-refractivity contribution < 1.29 is 4.79 Å². The lowest BCUT2D eigenvalue weighted by Gasteiger charge is -2.29. The number of nitrogens with one attached hydrogen (secondary N) is 1. The lowest BCUT2D eigenvalue weighted by molar-refractivity contribution is -0.129. The van der Waals surface area contributed by atoms with Gasteiger partial charge in [0.15, 0.2) is 0 Å². The van der Waals surface area contributed by atoms with E-state index in [1.54, 1.807) is 0 Å². The first-order chi connectivity index (χ1) is 8.78. The number of carbonyl (C=O) groups excluding carboxylic acids is 1. The van der Waals surface area contributed by atoms with Gasteiger partial charge in [0.1, 0.15) is 5.41 Å². The zero-order chi connectivity index (χ0) is 14.3. The van der Waals surface area contributed by atoms with Crippen molar-refractivity contribution in [2.24, 2.45) is 22.2 Å². The largest absolute Gasteiger partial charge is 0.354 e. The van der Waals surface area contributed by atoms with E-state index in [0.717, 1.165) is 32.1 Å². The average molecular weight is 262 g/mol. The van der Waals surface area contributed by atoms with Crippen LogP contribution < -0.4 is 5.32 Å². The highest BCUT2D eigenvalue weighted by atomic mass is 16.2. The summed E-state index contributed by atoms with van der Waals surface area (Å²) >= 11 is 0. The van der Waals surface area contributed by atoms with Crippen LogP contribution in [0.5, 0.6) is 0 Å². The van der Waals surface area contributed by atoms with Crippen LogP contribution in [0.3, 0.4) is 0 Å². The SMILES string of the molecule is CC1(C)C(CNC(=O)C2(C#N)CCCCC2)C1(C)C. The standard InChI is InChI=1S/C16H26N2O/c1-14(2)12(15(14,3)4)10-18-13(19)16(11-17)8-6-5-7-9-16/h12H,5-10H2,1-4H3,(H,18,19). The predicted molar refractivity (Wildman–Crippen MR) is 75.2 cm³/mol. The minimum Gasteiger partial charge on any atom is -0.354 e. The molecule has 2 aliphatic rings. The molecule has 0 unspecified atom stereocenters. The zero-order valence-electron chi connectivity index (χ0n) is 12.7. The van der Waals surface area contributed by atoms with Gasteiger partial charge >= 0.3 is 0 Å². The van der Waals surface area contributed by atoms with Gasteiger partial charge in [-0.05, 0) is 29.6 Å². The summed E-state index contributed by atoms with van der Waals surface area (Å²) in [7, 11) is 0. The highest BCUT2D eigenvalue weighted by Crippen LogP contribution is 2.67. The number of hydrogen-bond donors (Lipinski definition) is 1. The van der Waals surface area contributed by atoms with Gasteiger partial charge in [0, 0.05) is 6.54 Å². The maximum absolute atomic E-state index is 12.4. The molecule has 106 valence electrons. The lowest BCUT2D eigenvalue weighted by Crippen LogP contribution is -2.42. The molecule has 2 aliphatic carbocycles. The monoisotopic (exact) mass is 262 g/mol. The fourth-order valence-corrected chi connectivity index (χ4v) is 3.75. The van der Waals surface area contributed by atoms with Gasteiger partial charge in [0.05, 0.1) is 6.07 Å². The Morgan fingerprint density at radius 3 is 2.11 bits per heavy atom. The van der Waals surface area contributed by atoms with Crippen LogP contribution in [0.25, 0.3) is 0 Å². The Labute approximate surface area is 116 Å². The minimum absolute atomic E-state index is 0.0341. The van der Waals surface area contributed by atoms with E-state index in [2.05, 4.69) is 39.1 Å². The van der Waals surface area contributed by atoms with Gasteiger partial charge in [-0.2, -0.15) is 5.26 Å². The average Bonchev–Trinajstić information content (AvgIpc) is 2.77. The quantitative estimate of drug-likeness (QED) is 0.848. The van der Waals surface area contributed by atoms with Gasteiger partial charge in [0.25, 0.3) is 0 Å². The van der Waals surface area contributed by atoms with Crippen LogP contribution >= 0.6 is 0 Å². The Hall–Kier alpha value is -1.04. The molecule has 2 rings (SSSR count). The molecular weight excluding hydrogens is 236 g/mol. The molecule has 3 nitrogen and oxygen atoms in total. The summed E-state index contributed by atoms with van der Waals surface area (Å²) in [5, 5.41) is 12.4. The van der Waals surface area contributed by atoms with E-state index < -0.39 is 5.41 Å². The third kappa shape index (κ3) is 2.16. The van der Waals surface area contributed by atoms with Crippen molar-refractivity contribution in [3.05, 3.63) is 0 Å². The number of rotatable bonds is 3. The molecule has 2 saturated carbocycles. The Bertz CT molecular complexity index is 397. The summed E-state index contributed by atoms with van der Waals surface area (Å²) in [6, 6.07) is 2.29. The smallest absolute Gasteiger partial charge is 0.240 e. The molecule has 0 saturated heterocycles. The van der Waals surface area contributed by atoms with E-state index in [9.17, 15) is 10.1 Å². The van der Waals surface area contributed by atoms with Crippen molar-refractivity contribution in [3.8, 4) is 6.07 Å². The fourth-order valence-electron chi connectivity index (χ4n) is 3.75. The lowest BCUT2D eigenvalue weighted by atomic mass is 9.74. The van der Waals surface area contributed by atoms with E-state index >= 15 is 0 Å². The molecule has 2 fully saturated rings. The van der Waals surface area contributed by atoms with E-state index in [-0.39, 0.29) is 16.7 Å². The Balaban J connectivity index is 1.94. The minimum atomic E-state index is -0.749. The summed E-state index contributed by atoms with van der Waals surface area (Å²) in [6.07, 6.45) is 4.61. The maximum Gasteiger partial charge on any atom is 0.240 e. The van der Waals surface area contributed by atoms with Crippen LogP contribution in [-0.2, 0) is 4.79 Å². The van der Waals surface area contributed by atoms with Gasteiger partial charge in [-0.1, -0.05) is 47.0 Å². The molecule has 0 heterocycles.